The molecule has 2 aliphatic rings. The number of carbonyl (C=O) groups is 1. The summed E-state index contributed by atoms with van der Waals surface area (Å²) in [5, 5.41) is 2.83. The Labute approximate surface area is 172 Å². The first kappa shape index (κ1) is 23.6. The summed E-state index contributed by atoms with van der Waals surface area (Å²) >= 11 is 1.53. The third-order valence-electron chi connectivity index (χ3n) is 4.73. The van der Waals surface area contributed by atoms with E-state index >= 15 is 0 Å². The van der Waals surface area contributed by atoms with Crippen LogP contribution in [-0.2, 0) is 11.2 Å². The van der Waals surface area contributed by atoms with Gasteiger partial charge in [0.05, 0.1) is 17.2 Å². The van der Waals surface area contributed by atoms with Crippen molar-refractivity contribution >= 4 is 42.1 Å². The third-order valence-corrected chi connectivity index (χ3v) is 5.64. The Balaban J connectivity index is 0.00000169. The second-order valence-electron chi connectivity index (χ2n) is 6.94. The van der Waals surface area contributed by atoms with E-state index in [-0.39, 0.29) is 49.0 Å². The quantitative estimate of drug-likeness (QED) is 0.783. The molecule has 3 heterocycles. The Kier molecular flexibility index (Phi) is 9.79. The zero-order valence-electron chi connectivity index (χ0n) is 15.4. The van der Waals surface area contributed by atoms with Crippen LogP contribution in [0.25, 0.3) is 0 Å². The molecule has 1 aromatic heterocycles. The highest BCUT2D eigenvalue weighted by molar-refractivity contribution is 7.09. The van der Waals surface area contributed by atoms with Gasteiger partial charge < -0.3 is 15.4 Å². The number of amides is 1. The maximum Gasteiger partial charge on any atom is 0.273 e. The van der Waals surface area contributed by atoms with Crippen molar-refractivity contribution in [3.8, 4) is 0 Å². The van der Waals surface area contributed by atoms with Gasteiger partial charge in [0.2, 0.25) is 0 Å². The van der Waals surface area contributed by atoms with Crippen LogP contribution in [0.4, 0.5) is 0 Å². The highest BCUT2D eigenvalue weighted by atomic mass is 35.5. The van der Waals surface area contributed by atoms with E-state index in [2.05, 4.69) is 23.7 Å². The Morgan fingerprint density at radius 1 is 1.35 bits per heavy atom. The van der Waals surface area contributed by atoms with Gasteiger partial charge in [-0.1, -0.05) is 0 Å². The van der Waals surface area contributed by atoms with E-state index in [0.717, 1.165) is 50.4 Å². The summed E-state index contributed by atoms with van der Waals surface area (Å²) in [6.45, 7) is 8.47. The monoisotopic (exact) mass is 424 g/mol. The maximum atomic E-state index is 12.8. The van der Waals surface area contributed by atoms with Gasteiger partial charge in [0.25, 0.3) is 5.91 Å². The number of hydrogen-bond donors (Lipinski definition) is 1. The normalized spacial score (nSPS) is 26.3. The van der Waals surface area contributed by atoms with Crippen LogP contribution in [0.15, 0.2) is 5.38 Å². The van der Waals surface area contributed by atoms with Crippen molar-refractivity contribution in [2.45, 2.75) is 51.4 Å². The molecule has 1 amide bonds. The SMILES string of the molecule is CC1CN(CC2CCCN2C(=O)c2csc(CCN)n2)CC(C)O1.Cl.Cl. The molecule has 0 aromatic carbocycles. The largest absolute Gasteiger partial charge is 0.373 e. The number of thiazole rings is 1. The zero-order chi connectivity index (χ0) is 17.1. The van der Waals surface area contributed by atoms with Crippen LogP contribution >= 0.6 is 36.2 Å². The average molecular weight is 425 g/mol. The van der Waals surface area contributed by atoms with E-state index in [1.807, 2.05) is 10.3 Å². The Morgan fingerprint density at radius 3 is 2.69 bits per heavy atom. The lowest BCUT2D eigenvalue weighted by atomic mass is 10.1. The lowest BCUT2D eigenvalue weighted by Gasteiger charge is -2.38. The van der Waals surface area contributed by atoms with Gasteiger partial charge in [-0.05, 0) is 33.2 Å². The van der Waals surface area contributed by atoms with Crippen molar-refractivity contribution in [2.75, 3.05) is 32.7 Å². The molecular weight excluding hydrogens is 395 g/mol. The fourth-order valence-electron chi connectivity index (χ4n) is 3.82. The minimum Gasteiger partial charge on any atom is -0.373 e. The summed E-state index contributed by atoms with van der Waals surface area (Å²) in [6.07, 6.45) is 3.41. The molecule has 3 rings (SSSR count). The van der Waals surface area contributed by atoms with Crippen LogP contribution in [-0.4, -0.2) is 71.7 Å². The molecule has 150 valence electrons. The number of nitrogens with two attached hydrogens (primary N) is 1. The number of carbonyl (C=O) groups excluding carboxylic acids is 1. The predicted octanol–water partition coefficient (Wildman–Crippen LogP) is 2.20. The molecule has 0 bridgehead atoms. The zero-order valence-corrected chi connectivity index (χ0v) is 17.9. The van der Waals surface area contributed by atoms with Gasteiger partial charge in [-0.15, -0.1) is 36.2 Å². The summed E-state index contributed by atoms with van der Waals surface area (Å²) in [7, 11) is 0. The molecule has 3 atom stereocenters. The smallest absolute Gasteiger partial charge is 0.273 e. The molecule has 6 nitrogen and oxygen atoms in total. The van der Waals surface area contributed by atoms with Gasteiger partial charge in [0, 0.05) is 44.0 Å². The summed E-state index contributed by atoms with van der Waals surface area (Å²) in [4.78, 5) is 21.8. The molecule has 0 radical (unpaired) electrons. The average Bonchev–Trinajstić information content (AvgIpc) is 3.15. The second-order valence-corrected chi connectivity index (χ2v) is 7.88. The van der Waals surface area contributed by atoms with Crippen molar-refractivity contribution in [3.63, 3.8) is 0 Å². The molecule has 1 aromatic rings. The van der Waals surface area contributed by atoms with E-state index < -0.39 is 0 Å². The number of ether oxygens (including phenoxy) is 1. The van der Waals surface area contributed by atoms with Gasteiger partial charge in [-0.2, -0.15) is 0 Å². The van der Waals surface area contributed by atoms with Gasteiger partial charge in [0.15, 0.2) is 0 Å². The fourth-order valence-corrected chi connectivity index (χ4v) is 4.61. The van der Waals surface area contributed by atoms with Crippen LogP contribution in [0.1, 0.15) is 42.2 Å². The standard InChI is InChI=1S/C17H28N4O2S.2ClH/c1-12-8-20(9-13(2)23-12)10-14-4-3-7-21(14)17(22)15-11-24-16(19-15)5-6-18;;/h11-14H,3-10,18H2,1-2H3;2*1H. The maximum absolute atomic E-state index is 12.8. The molecule has 0 spiro atoms. The van der Waals surface area contributed by atoms with Crippen LogP contribution in [0.5, 0.6) is 0 Å². The molecule has 2 saturated heterocycles. The molecule has 9 heteroatoms. The van der Waals surface area contributed by atoms with E-state index in [9.17, 15) is 4.79 Å². The lowest BCUT2D eigenvalue weighted by Crippen LogP contribution is -2.51. The van der Waals surface area contributed by atoms with Crippen LogP contribution < -0.4 is 5.73 Å². The second kappa shape index (κ2) is 10.8. The Morgan fingerprint density at radius 2 is 2.04 bits per heavy atom. The van der Waals surface area contributed by atoms with Gasteiger partial charge >= 0.3 is 0 Å². The van der Waals surface area contributed by atoms with Crippen LogP contribution in [0.2, 0.25) is 0 Å². The summed E-state index contributed by atoms with van der Waals surface area (Å²) in [6, 6.07) is 0.287. The number of hydrogen-bond acceptors (Lipinski definition) is 6. The molecule has 0 aliphatic carbocycles. The Bertz CT molecular complexity index is 565. The molecule has 26 heavy (non-hydrogen) atoms. The van der Waals surface area contributed by atoms with Crippen molar-refractivity contribution in [1.29, 1.82) is 0 Å². The van der Waals surface area contributed by atoms with Crippen molar-refractivity contribution in [3.05, 3.63) is 16.1 Å². The fraction of sp³-hybridized carbons (Fsp3) is 0.765. The van der Waals surface area contributed by atoms with Gasteiger partial charge in [-0.3, -0.25) is 9.69 Å². The number of likely N-dealkylation sites (tertiary alicyclic amines) is 1. The van der Waals surface area contributed by atoms with E-state index in [1.165, 1.54) is 11.3 Å². The van der Waals surface area contributed by atoms with E-state index in [4.69, 9.17) is 10.5 Å². The minimum atomic E-state index is 0. The first-order valence-electron chi connectivity index (χ1n) is 8.90. The van der Waals surface area contributed by atoms with Crippen molar-refractivity contribution in [2.24, 2.45) is 5.73 Å². The molecule has 2 N–H and O–H groups in total. The first-order valence-corrected chi connectivity index (χ1v) is 9.78. The third kappa shape index (κ3) is 5.78. The molecule has 0 saturated carbocycles. The van der Waals surface area contributed by atoms with Crippen molar-refractivity contribution in [1.82, 2.24) is 14.8 Å². The van der Waals surface area contributed by atoms with Crippen molar-refractivity contribution < 1.29 is 9.53 Å². The van der Waals surface area contributed by atoms with Gasteiger partial charge in [0.1, 0.15) is 5.69 Å². The highest BCUT2D eigenvalue weighted by Crippen LogP contribution is 2.23. The molecule has 2 fully saturated rings. The number of halogens is 2. The first-order chi connectivity index (χ1) is 11.6. The summed E-state index contributed by atoms with van der Waals surface area (Å²) < 4.78 is 5.81. The lowest BCUT2D eigenvalue weighted by molar-refractivity contribution is -0.0715. The minimum absolute atomic E-state index is 0. The number of rotatable bonds is 5. The Hall–Kier alpha value is -0.440. The molecular formula is C17H30Cl2N4O2S. The summed E-state index contributed by atoms with van der Waals surface area (Å²) in [5.74, 6) is 0.0753. The number of morpholine rings is 1. The van der Waals surface area contributed by atoms with Gasteiger partial charge in [-0.25, -0.2) is 4.98 Å². The molecule has 3 unspecified atom stereocenters. The molecule has 2 aliphatic heterocycles. The highest BCUT2D eigenvalue weighted by Gasteiger charge is 2.33. The summed E-state index contributed by atoms with van der Waals surface area (Å²) in [5.41, 5.74) is 6.15. The van der Waals surface area contributed by atoms with Crippen LogP contribution in [0.3, 0.4) is 0 Å². The van der Waals surface area contributed by atoms with Crippen LogP contribution in [0, 0.1) is 0 Å². The topological polar surface area (TPSA) is 71.7 Å². The van der Waals surface area contributed by atoms with E-state index in [0.29, 0.717) is 12.2 Å². The number of nitrogens with zero attached hydrogens (tertiary/aromatic N) is 3. The van der Waals surface area contributed by atoms with E-state index in [1.54, 1.807) is 0 Å². The number of aromatic nitrogens is 1. The predicted molar refractivity (Wildman–Crippen MR) is 110 cm³/mol.